The number of fused-ring (bicyclic) bond motifs is 1. The van der Waals surface area contributed by atoms with Crippen molar-refractivity contribution in [1.29, 1.82) is 0 Å². The average molecular weight is 321 g/mol. The van der Waals surface area contributed by atoms with Crippen molar-refractivity contribution in [1.82, 2.24) is 4.90 Å². The van der Waals surface area contributed by atoms with Crippen LogP contribution < -0.4 is 0 Å². The van der Waals surface area contributed by atoms with Gasteiger partial charge in [0.1, 0.15) is 5.37 Å². The van der Waals surface area contributed by atoms with E-state index < -0.39 is 42.0 Å². The third-order valence-electron chi connectivity index (χ3n) is 3.09. The summed E-state index contributed by atoms with van der Waals surface area (Å²) in [5, 5.41) is 36.4. The Bertz CT molecular complexity index is 466. The first-order chi connectivity index (χ1) is 9.38. The van der Waals surface area contributed by atoms with Gasteiger partial charge < -0.3 is 20.4 Å². The minimum absolute atomic E-state index is 0.1000. The molecule has 7 nitrogen and oxygen atoms in total. The molecule has 9 heteroatoms. The van der Waals surface area contributed by atoms with Gasteiger partial charge in [-0.2, -0.15) is 0 Å². The molecule has 0 spiro atoms. The molecule has 2 aliphatic heterocycles. The minimum Gasteiger partial charge on any atom is -0.477 e. The molecule has 112 valence electrons. The molecule has 0 aromatic rings. The molecule has 2 aliphatic rings. The highest BCUT2D eigenvalue weighted by molar-refractivity contribution is 8.22. The third kappa shape index (κ3) is 2.56. The van der Waals surface area contributed by atoms with Gasteiger partial charge in [-0.15, -0.1) is 11.8 Å². The van der Waals surface area contributed by atoms with Crippen LogP contribution in [0.15, 0.2) is 9.93 Å². The fraction of sp³-hybridized carbons (Fsp3) is 0.636. The molecule has 0 saturated carbocycles. The van der Waals surface area contributed by atoms with Gasteiger partial charge in [-0.25, -0.2) is 4.79 Å². The molecule has 2 heterocycles. The van der Waals surface area contributed by atoms with Crippen molar-refractivity contribution in [2.24, 2.45) is 5.92 Å². The largest absolute Gasteiger partial charge is 0.477 e. The molecule has 0 aromatic carbocycles. The number of hydrogen-bond donors (Lipinski definition) is 4. The second-order valence-corrected chi connectivity index (χ2v) is 6.99. The number of amides is 1. The quantitative estimate of drug-likeness (QED) is 0.471. The summed E-state index contributed by atoms with van der Waals surface area (Å²) in [4.78, 5) is 24.4. The summed E-state index contributed by atoms with van der Waals surface area (Å²) < 4.78 is 0.423. The number of nitrogens with zero attached hydrogens (tertiary/aromatic N) is 1. The number of rotatable bonds is 6. The highest BCUT2D eigenvalue weighted by Crippen LogP contribution is 2.53. The van der Waals surface area contributed by atoms with Crippen molar-refractivity contribution in [3.05, 3.63) is 9.93 Å². The topological polar surface area (TPSA) is 118 Å². The van der Waals surface area contributed by atoms with E-state index >= 15 is 0 Å². The van der Waals surface area contributed by atoms with Gasteiger partial charge in [0.15, 0.2) is 5.70 Å². The number of aliphatic hydroxyl groups is 3. The van der Waals surface area contributed by atoms with E-state index in [1.807, 2.05) is 0 Å². The van der Waals surface area contributed by atoms with Crippen LogP contribution in [0.1, 0.15) is 6.92 Å². The van der Waals surface area contributed by atoms with Crippen molar-refractivity contribution in [3.63, 3.8) is 0 Å². The van der Waals surface area contributed by atoms with E-state index in [1.165, 1.54) is 23.6 Å². The molecule has 4 N–H and O–H groups in total. The standard InChI is InChI=1S/C11H15NO6S2/c1-4(14)6-8(16)12-7(10(17)18)11(20-9(6)12)19-3-5(15)2-13/h4-6,9,13-15H,2-3H2,1H3,(H,17,18)/t4?,5?,6-,9+/m0/s1. The Hall–Kier alpha value is -0.740. The number of carboxylic acid groups (broad SMARTS) is 1. The fourth-order valence-corrected chi connectivity index (χ4v) is 4.94. The van der Waals surface area contributed by atoms with Gasteiger partial charge in [0.05, 0.1) is 29.0 Å². The molecular weight excluding hydrogens is 306 g/mol. The smallest absolute Gasteiger partial charge is 0.354 e. The normalized spacial score (nSPS) is 28.2. The van der Waals surface area contributed by atoms with Crippen LogP contribution in [0.4, 0.5) is 0 Å². The van der Waals surface area contributed by atoms with E-state index in [0.717, 1.165) is 11.8 Å². The second kappa shape index (κ2) is 5.94. The summed E-state index contributed by atoms with van der Waals surface area (Å²) in [6, 6.07) is 0. The lowest BCUT2D eigenvalue weighted by atomic mass is 9.92. The minimum atomic E-state index is -1.21. The van der Waals surface area contributed by atoms with Crippen molar-refractivity contribution >= 4 is 35.4 Å². The Morgan fingerprint density at radius 1 is 1.50 bits per heavy atom. The lowest BCUT2D eigenvalue weighted by molar-refractivity contribution is -0.156. The first-order valence-electron chi connectivity index (χ1n) is 5.95. The highest BCUT2D eigenvalue weighted by Gasteiger charge is 2.57. The zero-order valence-electron chi connectivity index (χ0n) is 10.6. The van der Waals surface area contributed by atoms with Crippen LogP contribution in [0.5, 0.6) is 0 Å². The van der Waals surface area contributed by atoms with Gasteiger partial charge in [0, 0.05) is 5.75 Å². The molecule has 2 rings (SSSR count). The van der Waals surface area contributed by atoms with Crippen LogP contribution in [0.2, 0.25) is 0 Å². The van der Waals surface area contributed by atoms with E-state index in [-0.39, 0.29) is 11.4 Å². The maximum Gasteiger partial charge on any atom is 0.354 e. The molecule has 1 amide bonds. The molecule has 1 saturated heterocycles. The Kier molecular flexibility index (Phi) is 4.65. The zero-order valence-corrected chi connectivity index (χ0v) is 12.2. The number of aliphatic carboxylic acids is 1. The number of hydrogen-bond acceptors (Lipinski definition) is 7. The van der Waals surface area contributed by atoms with E-state index in [4.69, 9.17) is 5.11 Å². The lowest BCUT2D eigenvalue weighted by Crippen LogP contribution is -2.60. The van der Waals surface area contributed by atoms with Crippen molar-refractivity contribution in [2.45, 2.75) is 24.5 Å². The first kappa shape index (κ1) is 15.6. The SMILES string of the molecule is CC(O)[C@H]1C(=O)N2C(C(=O)O)=C(SCC(O)CO)S[C@H]12. The Labute approximate surface area is 123 Å². The fourth-order valence-electron chi connectivity index (χ4n) is 2.08. The number of carbonyl (C=O) groups excluding carboxylic acids is 1. The van der Waals surface area contributed by atoms with Crippen LogP contribution in [-0.4, -0.2) is 67.1 Å². The van der Waals surface area contributed by atoms with Gasteiger partial charge in [-0.3, -0.25) is 9.69 Å². The summed E-state index contributed by atoms with van der Waals surface area (Å²) in [6.45, 7) is 1.09. The molecule has 0 aliphatic carbocycles. The van der Waals surface area contributed by atoms with Gasteiger partial charge in [0.25, 0.3) is 0 Å². The van der Waals surface area contributed by atoms with E-state index in [2.05, 4.69) is 0 Å². The second-order valence-electron chi connectivity index (χ2n) is 4.57. The van der Waals surface area contributed by atoms with Crippen LogP contribution >= 0.6 is 23.5 Å². The summed E-state index contributed by atoms with van der Waals surface area (Å²) in [5.74, 6) is -2.06. The summed E-state index contributed by atoms with van der Waals surface area (Å²) in [5.41, 5.74) is -0.1000. The molecule has 2 unspecified atom stereocenters. The van der Waals surface area contributed by atoms with E-state index in [0.29, 0.717) is 4.24 Å². The average Bonchev–Trinajstić information content (AvgIpc) is 2.69. The number of aliphatic hydroxyl groups excluding tert-OH is 3. The van der Waals surface area contributed by atoms with Crippen LogP contribution in [0, 0.1) is 5.92 Å². The molecule has 20 heavy (non-hydrogen) atoms. The maximum absolute atomic E-state index is 11.9. The monoisotopic (exact) mass is 321 g/mol. The van der Waals surface area contributed by atoms with Crippen molar-refractivity contribution in [3.8, 4) is 0 Å². The van der Waals surface area contributed by atoms with Gasteiger partial charge in [0.2, 0.25) is 5.91 Å². The lowest BCUT2D eigenvalue weighted by Gasteiger charge is -2.43. The van der Waals surface area contributed by atoms with Gasteiger partial charge >= 0.3 is 5.97 Å². The predicted octanol–water partition coefficient (Wildman–Crippen LogP) is -0.761. The molecule has 1 fully saturated rings. The summed E-state index contributed by atoms with van der Waals surface area (Å²) in [7, 11) is 0. The Morgan fingerprint density at radius 2 is 2.15 bits per heavy atom. The number of thioether (sulfide) groups is 2. The Balaban J connectivity index is 2.15. The zero-order chi connectivity index (χ0) is 15.0. The van der Waals surface area contributed by atoms with Gasteiger partial charge in [-0.1, -0.05) is 11.8 Å². The number of β-lactam (4-membered cyclic amide) rings is 1. The molecule has 0 bridgehead atoms. The van der Waals surface area contributed by atoms with E-state index in [1.54, 1.807) is 0 Å². The number of carbonyl (C=O) groups is 2. The molecule has 4 atom stereocenters. The van der Waals surface area contributed by atoms with Crippen LogP contribution in [0.25, 0.3) is 0 Å². The summed E-state index contributed by atoms with van der Waals surface area (Å²) in [6.07, 6.45) is -1.78. The molecule has 0 radical (unpaired) electrons. The maximum atomic E-state index is 11.9. The predicted molar refractivity (Wildman–Crippen MR) is 73.6 cm³/mol. The van der Waals surface area contributed by atoms with Crippen molar-refractivity contribution < 1.29 is 30.0 Å². The van der Waals surface area contributed by atoms with Crippen molar-refractivity contribution in [2.75, 3.05) is 12.4 Å². The third-order valence-corrected chi connectivity index (χ3v) is 5.89. The van der Waals surface area contributed by atoms with Crippen LogP contribution in [0.3, 0.4) is 0 Å². The van der Waals surface area contributed by atoms with Crippen LogP contribution in [-0.2, 0) is 9.59 Å². The molecule has 0 aromatic heterocycles. The Morgan fingerprint density at radius 3 is 2.65 bits per heavy atom. The number of carboxylic acids is 1. The first-order valence-corrected chi connectivity index (χ1v) is 7.82. The highest BCUT2D eigenvalue weighted by atomic mass is 32.2. The van der Waals surface area contributed by atoms with Gasteiger partial charge in [-0.05, 0) is 6.92 Å². The summed E-state index contributed by atoms with van der Waals surface area (Å²) >= 11 is 2.30. The van der Waals surface area contributed by atoms with E-state index in [9.17, 15) is 24.9 Å². The molecular formula is C11H15NO6S2.